The van der Waals surface area contributed by atoms with Crippen LogP contribution in [0.15, 0.2) is 6.07 Å². The van der Waals surface area contributed by atoms with E-state index in [0.717, 1.165) is 36.5 Å². The van der Waals surface area contributed by atoms with E-state index in [4.69, 9.17) is 4.74 Å². The molecular weight excluding hydrogens is 390 g/mol. The van der Waals surface area contributed by atoms with Crippen LogP contribution < -0.4 is 4.90 Å². The molecule has 1 N–H and O–H groups in total. The molecule has 0 aromatic carbocycles. The van der Waals surface area contributed by atoms with Crippen LogP contribution in [0.1, 0.15) is 88.8 Å². The van der Waals surface area contributed by atoms with Crippen molar-refractivity contribution in [1.82, 2.24) is 0 Å². The average Bonchev–Trinajstić information content (AvgIpc) is 3.38. The Bertz CT molecular complexity index is 782. The van der Waals surface area contributed by atoms with Gasteiger partial charge in [-0.15, -0.1) is 11.3 Å². The van der Waals surface area contributed by atoms with E-state index in [1.54, 1.807) is 0 Å². The first-order valence-electron chi connectivity index (χ1n) is 12.0. The standard InChI is InChI=1S/C26H39NO2S/c1-17-6-8-19(9-7-17)24-25(29-24)27(20-10-12-21(28)13-11-20)23-16-22(30-18(23)2)14-15-26(3,4)5/h16-17,19-21,24-25,28H,6-13H2,1-5H3. The maximum absolute atomic E-state index is 10.1. The summed E-state index contributed by atoms with van der Waals surface area (Å²) in [6.45, 7) is 11.1. The molecule has 2 heterocycles. The minimum Gasteiger partial charge on any atom is -0.393 e. The van der Waals surface area contributed by atoms with Gasteiger partial charge in [-0.1, -0.05) is 31.6 Å². The van der Waals surface area contributed by atoms with Gasteiger partial charge in [-0.2, -0.15) is 0 Å². The minimum absolute atomic E-state index is 0.0140. The van der Waals surface area contributed by atoms with Crippen molar-refractivity contribution in [2.24, 2.45) is 17.3 Å². The van der Waals surface area contributed by atoms with Gasteiger partial charge in [-0.25, -0.2) is 0 Å². The van der Waals surface area contributed by atoms with Crippen molar-refractivity contribution in [3.8, 4) is 11.8 Å². The number of aliphatic hydroxyl groups excluding tert-OH is 1. The summed E-state index contributed by atoms with van der Waals surface area (Å²) < 4.78 is 6.40. The topological polar surface area (TPSA) is 36.0 Å². The van der Waals surface area contributed by atoms with Gasteiger partial charge in [0.05, 0.1) is 16.7 Å². The predicted octanol–water partition coefficient (Wildman–Crippen LogP) is 6.12. The third kappa shape index (κ3) is 5.23. The Kier molecular flexibility index (Phi) is 6.54. The van der Waals surface area contributed by atoms with Crippen molar-refractivity contribution in [3.63, 3.8) is 0 Å². The van der Waals surface area contributed by atoms with Gasteiger partial charge >= 0.3 is 0 Å². The van der Waals surface area contributed by atoms with Crippen molar-refractivity contribution in [2.75, 3.05) is 4.90 Å². The van der Waals surface area contributed by atoms with E-state index in [-0.39, 0.29) is 17.7 Å². The Morgan fingerprint density at radius 1 is 1.07 bits per heavy atom. The Morgan fingerprint density at radius 2 is 1.73 bits per heavy atom. The van der Waals surface area contributed by atoms with E-state index < -0.39 is 0 Å². The van der Waals surface area contributed by atoms with Crippen LogP contribution in [0.25, 0.3) is 0 Å². The highest BCUT2D eigenvalue weighted by Gasteiger charge is 2.51. The zero-order valence-electron chi connectivity index (χ0n) is 19.4. The first-order chi connectivity index (χ1) is 14.2. The highest BCUT2D eigenvalue weighted by molar-refractivity contribution is 7.13. The number of hydrogen-bond acceptors (Lipinski definition) is 4. The maximum Gasteiger partial charge on any atom is 0.157 e. The summed E-state index contributed by atoms with van der Waals surface area (Å²) in [6, 6.07) is 2.76. The highest BCUT2D eigenvalue weighted by atomic mass is 32.1. The Labute approximate surface area is 187 Å². The second-order valence-corrected chi connectivity index (χ2v) is 12.2. The van der Waals surface area contributed by atoms with Gasteiger partial charge in [0.1, 0.15) is 6.10 Å². The minimum atomic E-state index is -0.129. The molecule has 0 radical (unpaired) electrons. The van der Waals surface area contributed by atoms with E-state index in [0.29, 0.717) is 18.1 Å². The summed E-state index contributed by atoms with van der Waals surface area (Å²) in [7, 11) is 0. The molecule has 1 aromatic rings. The maximum atomic E-state index is 10.1. The van der Waals surface area contributed by atoms with Gasteiger partial charge in [-0.05, 0) is 84.1 Å². The van der Waals surface area contributed by atoms with Crippen LogP contribution in [0.4, 0.5) is 5.69 Å². The molecule has 2 atom stereocenters. The molecule has 166 valence electrons. The molecule has 3 aliphatic rings. The van der Waals surface area contributed by atoms with Gasteiger partial charge in [0, 0.05) is 16.3 Å². The van der Waals surface area contributed by atoms with Crippen LogP contribution in [-0.2, 0) is 4.74 Å². The Hall–Kier alpha value is -1.02. The zero-order valence-corrected chi connectivity index (χ0v) is 20.2. The van der Waals surface area contributed by atoms with E-state index in [9.17, 15) is 5.11 Å². The summed E-state index contributed by atoms with van der Waals surface area (Å²) in [4.78, 5) is 5.08. The molecule has 0 spiro atoms. The molecule has 4 rings (SSSR count). The van der Waals surface area contributed by atoms with Crippen molar-refractivity contribution < 1.29 is 9.84 Å². The lowest BCUT2D eigenvalue weighted by Gasteiger charge is -2.37. The second-order valence-electron chi connectivity index (χ2n) is 10.9. The van der Waals surface area contributed by atoms with E-state index in [1.165, 1.54) is 36.2 Å². The molecule has 4 heteroatoms. The summed E-state index contributed by atoms with van der Waals surface area (Å²) in [5.74, 6) is 8.38. The SMILES string of the molecule is Cc1sc(C#CC(C)(C)C)cc1N(C1CCC(O)CC1)C1OC1C1CCC(C)CC1. The first-order valence-corrected chi connectivity index (χ1v) is 12.8. The normalized spacial score (nSPS) is 34.2. The van der Waals surface area contributed by atoms with Gasteiger partial charge in [0.15, 0.2) is 6.23 Å². The molecule has 1 aliphatic heterocycles. The molecule has 1 aromatic heterocycles. The van der Waals surface area contributed by atoms with Gasteiger partial charge in [0.25, 0.3) is 0 Å². The highest BCUT2D eigenvalue weighted by Crippen LogP contribution is 2.46. The number of ether oxygens (including phenoxy) is 1. The third-order valence-electron chi connectivity index (χ3n) is 7.09. The molecule has 1 saturated heterocycles. The van der Waals surface area contributed by atoms with E-state index in [1.807, 2.05) is 11.3 Å². The van der Waals surface area contributed by atoms with Crippen LogP contribution in [0.2, 0.25) is 0 Å². The van der Waals surface area contributed by atoms with E-state index in [2.05, 4.69) is 57.4 Å². The predicted molar refractivity (Wildman–Crippen MR) is 126 cm³/mol. The fraction of sp³-hybridized carbons (Fsp3) is 0.769. The molecule has 0 bridgehead atoms. The van der Waals surface area contributed by atoms with Crippen LogP contribution in [0, 0.1) is 36.0 Å². The number of aryl methyl sites for hydroxylation is 1. The molecule has 30 heavy (non-hydrogen) atoms. The number of thiophene rings is 1. The Morgan fingerprint density at radius 3 is 2.37 bits per heavy atom. The number of nitrogens with zero attached hydrogens (tertiary/aromatic N) is 1. The van der Waals surface area contributed by atoms with Crippen LogP contribution in [0.3, 0.4) is 0 Å². The number of hydrogen-bond donors (Lipinski definition) is 1. The first kappa shape index (κ1) is 22.2. The zero-order chi connectivity index (χ0) is 21.5. The van der Waals surface area contributed by atoms with Crippen molar-refractivity contribution in [3.05, 3.63) is 15.8 Å². The second kappa shape index (κ2) is 8.85. The molecule has 2 saturated carbocycles. The van der Waals surface area contributed by atoms with Gasteiger partial charge in [0.2, 0.25) is 0 Å². The van der Waals surface area contributed by atoms with E-state index >= 15 is 0 Å². The number of anilines is 1. The van der Waals surface area contributed by atoms with Crippen LogP contribution >= 0.6 is 11.3 Å². The summed E-state index contributed by atoms with van der Waals surface area (Å²) >= 11 is 1.81. The van der Waals surface area contributed by atoms with Gasteiger partial charge in [-0.3, -0.25) is 0 Å². The Balaban J connectivity index is 1.56. The van der Waals surface area contributed by atoms with Crippen molar-refractivity contribution in [1.29, 1.82) is 0 Å². The molecule has 2 unspecified atom stereocenters. The van der Waals surface area contributed by atoms with Crippen LogP contribution in [-0.4, -0.2) is 29.6 Å². The number of aliphatic hydroxyl groups is 1. The molecular formula is C26H39NO2S. The summed E-state index contributed by atoms with van der Waals surface area (Å²) in [5, 5.41) is 10.1. The van der Waals surface area contributed by atoms with Gasteiger partial charge < -0.3 is 14.7 Å². The summed E-state index contributed by atoms with van der Waals surface area (Å²) in [6.07, 6.45) is 9.67. The molecule has 2 aliphatic carbocycles. The molecule has 0 amide bonds. The monoisotopic (exact) mass is 429 g/mol. The van der Waals surface area contributed by atoms with Crippen molar-refractivity contribution in [2.45, 2.75) is 110 Å². The largest absolute Gasteiger partial charge is 0.393 e. The quantitative estimate of drug-likeness (QED) is 0.463. The smallest absolute Gasteiger partial charge is 0.157 e. The van der Waals surface area contributed by atoms with Crippen LogP contribution in [0.5, 0.6) is 0 Å². The average molecular weight is 430 g/mol. The molecule has 3 nitrogen and oxygen atoms in total. The lowest BCUT2D eigenvalue weighted by molar-refractivity contribution is 0.120. The third-order valence-corrected chi connectivity index (χ3v) is 8.05. The fourth-order valence-electron chi connectivity index (χ4n) is 5.22. The lowest BCUT2D eigenvalue weighted by Crippen LogP contribution is -2.42. The summed E-state index contributed by atoms with van der Waals surface area (Å²) in [5.41, 5.74) is 1.33. The van der Waals surface area contributed by atoms with Crippen molar-refractivity contribution >= 4 is 17.0 Å². The number of epoxide rings is 1. The number of rotatable bonds is 4. The lowest BCUT2D eigenvalue weighted by atomic mass is 9.81. The fourth-order valence-corrected chi connectivity index (χ4v) is 6.09. The molecule has 3 fully saturated rings.